The van der Waals surface area contributed by atoms with Gasteiger partial charge < -0.3 is 5.73 Å². The van der Waals surface area contributed by atoms with Crippen LogP contribution in [0.3, 0.4) is 0 Å². The van der Waals surface area contributed by atoms with E-state index in [-0.39, 0.29) is 0 Å². The molecule has 0 saturated heterocycles. The summed E-state index contributed by atoms with van der Waals surface area (Å²) in [7, 11) is 0. The van der Waals surface area contributed by atoms with E-state index in [2.05, 4.69) is 36.6 Å². The van der Waals surface area contributed by atoms with Crippen LogP contribution in [0, 0.1) is 5.92 Å². The molecule has 0 spiro atoms. The van der Waals surface area contributed by atoms with Crippen molar-refractivity contribution in [2.75, 3.05) is 6.54 Å². The summed E-state index contributed by atoms with van der Waals surface area (Å²) < 4.78 is 2.11. The number of nitrogens with zero attached hydrogens (tertiary/aromatic N) is 2. The molecule has 1 unspecified atom stereocenters. The Hall–Kier alpha value is -0.830. The Labute approximate surface area is 92.7 Å². The second kappa shape index (κ2) is 5.91. The molecule has 2 N–H and O–H groups in total. The molecule has 3 nitrogen and oxygen atoms in total. The van der Waals surface area contributed by atoms with Crippen LogP contribution in [0.4, 0.5) is 0 Å². The van der Waals surface area contributed by atoms with Gasteiger partial charge in [-0.15, -0.1) is 0 Å². The number of hydrogen-bond donors (Lipinski definition) is 1. The van der Waals surface area contributed by atoms with E-state index < -0.39 is 0 Å². The van der Waals surface area contributed by atoms with Crippen LogP contribution in [0.15, 0.2) is 6.07 Å². The van der Waals surface area contributed by atoms with Gasteiger partial charge in [-0.25, -0.2) is 0 Å². The van der Waals surface area contributed by atoms with E-state index in [9.17, 15) is 0 Å². The molecule has 0 fully saturated rings. The lowest BCUT2D eigenvalue weighted by atomic mass is 10.0. The Morgan fingerprint density at radius 3 is 2.60 bits per heavy atom. The number of aryl methyl sites for hydroxylation is 2. The van der Waals surface area contributed by atoms with Gasteiger partial charge in [0.25, 0.3) is 0 Å². The van der Waals surface area contributed by atoms with Gasteiger partial charge in [-0.3, -0.25) is 4.68 Å². The van der Waals surface area contributed by atoms with E-state index in [1.54, 1.807) is 0 Å². The van der Waals surface area contributed by atoms with Crippen LogP contribution in [-0.2, 0) is 19.4 Å². The maximum absolute atomic E-state index is 5.73. The van der Waals surface area contributed by atoms with Gasteiger partial charge in [0.1, 0.15) is 0 Å². The molecule has 1 atom stereocenters. The van der Waals surface area contributed by atoms with Crippen molar-refractivity contribution < 1.29 is 0 Å². The molecule has 0 radical (unpaired) electrons. The lowest BCUT2D eigenvalue weighted by Crippen LogP contribution is -2.17. The minimum absolute atomic E-state index is 0.594. The van der Waals surface area contributed by atoms with Crippen LogP contribution in [0.5, 0.6) is 0 Å². The zero-order chi connectivity index (χ0) is 11.3. The molecule has 1 heterocycles. The lowest BCUT2D eigenvalue weighted by Gasteiger charge is -2.12. The molecular formula is C12H23N3. The highest BCUT2D eigenvalue weighted by molar-refractivity contribution is 5.11. The number of rotatable bonds is 6. The summed E-state index contributed by atoms with van der Waals surface area (Å²) in [6.07, 6.45) is 3.22. The van der Waals surface area contributed by atoms with Gasteiger partial charge in [-0.05, 0) is 38.3 Å². The van der Waals surface area contributed by atoms with E-state index in [1.807, 2.05) is 0 Å². The second-order valence-electron chi connectivity index (χ2n) is 4.01. The first-order chi connectivity index (χ1) is 7.24. The van der Waals surface area contributed by atoms with Crippen molar-refractivity contribution in [3.63, 3.8) is 0 Å². The van der Waals surface area contributed by atoms with Crippen molar-refractivity contribution in [3.8, 4) is 0 Å². The fourth-order valence-corrected chi connectivity index (χ4v) is 1.82. The molecule has 0 bridgehead atoms. The molecule has 0 saturated carbocycles. The third kappa shape index (κ3) is 3.06. The maximum atomic E-state index is 5.73. The third-order valence-corrected chi connectivity index (χ3v) is 2.98. The first kappa shape index (κ1) is 12.2. The SMILES string of the molecule is CCc1cc(CC(CC)CN)n(CC)n1. The summed E-state index contributed by atoms with van der Waals surface area (Å²) >= 11 is 0. The van der Waals surface area contributed by atoms with Gasteiger partial charge in [-0.2, -0.15) is 5.10 Å². The molecule has 0 amide bonds. The number of nitrogens with two attached hydrogens (primary N) is 1. The maximum Gasteiger partial charge on any atom is 0.0624 e. The summed E-state index contributed by atoms with van der Waals surface area (Å²) in [4.78, 5) is 0. The Morgan fingerprint density at radius 1 is 1.40 bits per heavy atom. The van der Waals surface area contributed by atoms with Crippen molar-refractivity contribution >= 4 is 0 Å². The van der Waals surface area contributed by atoms with Gasteiger partial charge in [0.15, 0.2) is 0 Å². The fourth-order valence-electron chi connectivity index (χ4n) is 1.82. The van der Waals surface area contributed by atoms with E-state index in [0.29, 0.717) is 5.92 Å². The van der Waals surface area contributed by atoms with Crippen molar-refractivity contribution in [1.29, 1.82) is 0 Å². The largest absolute Gasteiger partial charge is 0.330 e. The predicted octanol–water partition coefficient (Wildman–Crippen LogP) is 1.99. The summed E-state index contributed by atoms with van der Waals surface area (Å²) in [6, 6.07) is 2.22. The Kier molecular flexibility index (Phi) is 4.82. The quantitative estimate of drug-likeness (QED) is 0.778. The van der Waals surface area contributed by atoms with E-state index in [0.717, 1.165) is 32.4 Å². The zero-order valence-electron chi connectivity index (χ0n) is 10.2. The highest BCUT2D eigenvalue weighted by Crippen LogP contribution is 2.13. The smallest absolute Gasteiger partial charge is 0.0624 e. The van der Waals surface area contributed by atoms with Gasteiger partial charge in [0.2, 0.25) is 0 Å². The minimum Gasteiger partial charge on any atom is -0.330 e. The standard InChI is InChI=1S/C12H23N3/c1-4-10(9-13)7-12-8-11(5-2)14-15(12)6-3/h8,10H,4-7,9,13H2,1-3H3. The average molecular weight is 209 g/mol. The van der Waals surface area contributed by atoms with Crippen molar-refractivity contribution in [1.82, 2.24) is 9.78 Å². The second-order valence-corrected chi connectivity index (χ2v) is 4.01. The third-order valence-electron chi connectivity index (χ3n) is 2.98. The zero-order valence-corrected chi connectivity index (χ0v) is 10.2. The van der Waals surface area contributed by atoms with Gasteiger partial charge in [0, 0.05) is 12.2 Å². The molecule has 0 aliphatic rings. The predicted molar refractivity (Wildman–Crippen MR) is 63.8 cm³/mol. The van der Waals surface area contributed by atoms with Crippen LogP contribution >= 0.6 is 0 Å². The summed E-state index contributed by atoms with van der Waals surface area (Å²) in [5.74, 6) is 0.594. The number of aromatic nitrogens is 2. The Morgan fingerprint density at radius 2 is 2.13 bits per heavy atom. The van der Waals surface area contributed by atoms with Crippen LogP contribution < -0.4 is 5.73 Å². The molecule has 86 valence electrons. The first-order valence-corrected chi connectivity index (χ1v) is 6.00. The molecular weight excluding hydrogens is 186 g/mol. The van der Waals surface area contributed by atoms with Crippen LogP contribution in [0.25, 0.3) is 0 Å². The lowest BCUT2D eigenvalue weighted by molar-refractivity contribution is 0.488. The van der Waals surface area contributed by atoms with Crippen LogP contribution in [0.1, 0.15) is 38.6 Å². The summed E-state index contributed by atoms with van der Waals surface area (Å²) in [5.41, 5.74) is 8.27. The molecule has 1 rings (SSSR count). The first-order valence-electron chi connectivity index (χ1n) is 6.00. The Bertz CT molecular complexity index is 287. The molecule has 3 heteroatoms. The molecule has 0 aliphatic heterocycles. The van der Waals surface area contributed by atoms with E-state index in [1.165, 1.54) is 11.4 Å². The fraction of sp³-hybridized carbons (Fsp3) is 0.750. The highest BCUT2D eigenvalue weighted by atomic mass is 15.3. The normalized spacial score (nSPS) is 13.1. The molecule has 0 aliphatic carbocycles. The summed E-state index contributed by atoms with van der Waals surface area (Å²) in [6.45, 7) is 8.21. The molecule has 1 aromatic rings. The van der Waals surface area contributed by atoms with Crippen molar-refractivity contribution in [2.45, 2.75) is 46.6 Å². The number of hydrogen-bond acceptors (Lipinski definition) is 2. The topological polar surface area (TPSA) is 43.8 Å². The monoisotopic (exact) mass is 209 g/mol. The van der Waals surface area contributed by atoms with Crippen molar-refractivity contribution in [3.05, 3.63) is 17.5 Å². The minimum atomic E-state index is 0.594. The average Bonchev–Trinajstić information content (AvgIpc) is 2.68. The van der Waals surface area contributed by atoms with Crippen LogP contribution in [-0.4, -0.2) is 16.3 Å². The van der Waals surface area contributed by atoms with Gasteiger partial charge in [-0.1, -0.05) is 20.3 Å². The van der Waals surface area contributed by atoms with Crippen molar-refractivity contribution in [2.24, 2.45) is 11.7 Å². The molecule has 15 heavy (non-hydrogen) atoms. The van der Waals surface area contributed by atoms with E-state index >= 15 is 0 Å². The molecule has 1 aromatic heterocycles. The summed E-state index contributed by atoms with van der Waals surface area (Å²) in [5, 5.41) is 4.54. The molecule has 0 aromatic carbocycles. The van der Waals surface area contributed by atoms with Gasteiger partial charge in [0.05, 0.1) is 5.69 Å². The Balaban J connectivity index is 2.77. The van der Waals surface area contributed by atoms with Crippen LogP contribution in [0.2, 0.25) is 0 Å². The van der Waals surface area contributed by atoms with Gasteiger partial charge >= 0.3 is 0 Å². The highest BCUT2D eigenvalue weighted by Gasteiger charge is 2.10. The van der Waals surface area contributed by atoms with E-state index in [4.69, 9.17) is 5.73 Å².